The lowest BCUT2D eigenvalue weighted by atomic mass is 10.0. The molecule has 0 bridgehead atoms. The van der Waals surface area contributed by atoms with Crippen molar-refractivity contribution in [3.05, 3.63) is 91.3 Å². The summed E-state index contributed by atoms with van der Waals surface area (Å²) in [6.45, 7) is 0. The van der Waals surface area contributed by atoms with Crippen molar-refractivity contribution in [3.63, 3.8) is 0 Å². The molecule has 0 aliphatic heterocycles. The monoisotopic (exact) mass is 446 g/mol. The second-order valence-corrected chi connectivity index (χ2v) is 7.74. The minimum atomic E-state index is -0.174. The molecule has 0 saturated heterocycles. The Kier molecular flexibility index (Phi) is 4.77. The van der Waals surface area contributed by atoms with E-state index in [1.54, 1.807) is 29.3 Å². The zero-order chi connectivity index (χ0) is 22.9. The molecular formula is C25H18N8O. The molecule has 6 heterocycles. The summed E-state index contributed by atoms with van der Waals surface area (Å²) < 4.78 is 1.64. The molecule has 0 spiro atoms. The largest absolute Gasteiger partial charge is 0.353 e. The van der Waals surface area contributed by atoms with E-state index in [1.807, 2.05) is 54.6 Å². The van der Waals surface area contributed by atoms with E-state index < -0.39 is 0 Å². The van der Waals surface area contributed by atoms with Gasteiger partial charge in [0, 0.05) is 30.4 Å². The molecule has 0 aliphatic carbocycles. The fourth-order valence-corrected chi connectivity index (χ4v) is 3.99. The van der Waals surface area contributed by atoms with E-state index in [0.717, 1.165) is 44.8 Å². The van der Waals surface area contributed by atoms with Crippen LogP contribution in [0.5, 0.6) is 0 Å². The number of rotatable bonds is 5. The fourth-order valence-electron chi connectivity index (χ4n) is 3.99. The smallest absolute Gasteiger partial charge is 0.230 e. The van der Waals surface area contributed by atoms with Gasteiger partial charge in [0.05, 0.1) is 34.4 Å². The van der Waals surface area contributed by atoms with Crippen molar-refractivity contribution in [2.75, 3.05) is 5.32 Å². The normalized spacial score (nSPS) is 11.2. The van der Waals surface area contributed by atoms with Gasteiger partial charge in [-0.3, -0.25) is 14.8 Å². The number of aromatic amines is 1. The molecule has 9 nitrogen and oxygen atoms in total. The van der Waals surface area contributed by atoms with Crippen LogP contribution in [0.25, 0.3) is 39.2 Å². The standard InChI is InChI=1S/C25H18N8O/c34-22(12-16-6-7-21-29-15-30-33(21)14-16)32-20-13-17(8-11-27-20)24-23(18-4-1-2-9-26-18)25-19(31-24)5-3-10-28-25/h1-11,13-15,31H,12H2,(H,27,32,34). The number of hydrogen-bond acceptors (Lipinski definition) is 6. The number of amides is 1. The van der Waals surface area contributed by atoms with E-state index in [9.17, 15) is 4.79 Å². The molecule has 2 N–H and O–H groups in total. The minimum absolute atomic E-state index is 0.174. The first kappa shape index (κ1) is 19.7. The molecule has 9 heteroatoms. The van der Waals surface area contributed by atoms with Gasteiger partial charge in [0.15, 0.2) is 5.65 Å². The van der Waals surface area contributed by atoms with Crippen molar-refractivity contribution in [1.82, 2.24) is 34.5 Å². The van der Waals surface area contributed by atoms with E-state index in [4.69, 9.17) is 0 Å². The predicted octanol–water partition coefficient (Wildman–Crippen LogP) is 3.91. The lowest BCUT2D eigenvalue weighted by Crippen LogP contribution is -2.15. The topological polar surface area (TPSA) is 114 Å². The van der Waals surface area contributed by atoms with Crippen molar-refractivity contribution in [2.24, 2.45) is 0 Å². The Bertz CT molecular complexity index is 1640. The second kappa shape index (κ2) is 8.21. The van der Waals surface area contributed by atoms with E-state index in [2.05, 4.69) is 35.3 Å². The van der Waals surface area contributed by atoms with E-state index >= 15 is 0 Å². The average Bonchev–Trinajstić information content (AvgIpc) is 3.49. The summed E-state index contributed by atoms with van der Waals surface area (Å²) in [7, 11) is 0. The summed E-state index contributed by atoms with van der Waals surface area (Å²) in [6.07, 6.45) is 8.66. The Morgan fingerprint density at radius 3 is 2.79 bits per heavy atom. The van der Waals surface area contributed by atoms with Crippen LogP contribution >= 0.6 is 0 Å². The molecule has 0 aliphatic rings. The zero-order valence-corrected chi connectivity index (χ0v) is 17.9. The molecule has 6 rings (SSSR count). The van der Waals surface area contributed by atoms with Crippen LogP contribution in [0.1, 0.15) is 5.56 Å². The number of hydrogen-bond donors (Lipinski definition) is 2. The molecule has 0 radical (unpaired) electrons. The van der Waals surface area contributed by atoms with Gasteiger partial charge >= 0.3 is 0 Å². The molecule has 6 aromatic heterocycles. The average molecular weight is 446 g/mol. The Morgan fingerprint density at radius 2 is 1.88 bits per heavy atom. The van der Waals surface area contributed by atoms with Crippen molar-refractivity contribution >= 4 is 28.4 Å². The highest BCUT2D eigenvalue weighted by Crippen LogP contribution is 2.36. The van der Waals surface area contributed by atoms with Crippen LogP contribution in [0.3, 0.4) is 0 Å². The predicted molar refractivity (Wildman–Crippen MR) is 128 cm³/mol. The zero-order valence-electron chi connectivity index (χ0n) is 17.9. The summed E-state index contributed by atoms with van der Waals surface area (Å²) >= 11 is 0. The van der Waals surface area contributed by atoms with E-state index in [0.29, 0.717) is 5.82 Å². The van der Waals surface area contributed by atoms with Gasteiger partial charge in [0.1, 0.15) is 12.1 Å². The number of nitrogens with one attached hydrogen (secondary N) is 2. The van der Waals surface area contributed by atoms with Crippen molar-refractivity contribution in [1.29, 1.82) is 0 Å². The van der Waals surface area contributed by atoms with Gasteiger partial charge in [0.25, 0.3) is 0 Å². The lowest BCUT2D eigenvalue weighted by molar-refractivity contribution is -0.115. The number of carbonyl (C=O) groups excluding carboxylic acids is 1. The number of fused-ring (bicyclic) bond motifs is 2. The minimum Gasteiger partial charge on any atom is -0.353 e. The fraction of sp³-hybridized carbons (Fsp3) is 0.0400. The first-order chi connectivity index (χ1) is 16.7. The van der Waals surface area contributed by atoms with E-state index in [1.165, 1.54) is 6.33 Å². The molecular weight excluding hydrogens is 428 g/mol. The number of anilines is 1. The van der Waals surface area contributed by atoms with Gasteiger partial charge in [-0.1, -0.05) is 12.1 Å². The summed E-state index contributed by atoms with van der Waals surface area (Å²) in [5.41, 5.74) is 6.75. The SMILES string of the molecule is O=C(Cc1ccc2ncnn2c1)Nc1cc(-c2[nH]c3cccnc3c2-c2ccccn2)ccn1. The molecule has 6 aromatic rings. The van der Waals surface area contributed by atoms with Gasteiger partial charge in [-0.25, -0.2) is 14.5 Å². The third-order valence-electron chi connectivity index (χ3n) is 5.49. The highest BCUT2D eigenvalue weighted by Gasteiger charge is 2.17. The van der Waals surface area contributed by atoms with Crippen LogP contribution in [0.15, 0.2) is 85.7 Å². The van der Waals surface area contributed by atoms with Gasteiger partial charge in [-0.15, -0.1) is 0 Å². The van der Waals surface area contributed by atoms with Gasteiger partial charge in [0.2, 0.25) is 5.91 Å². The maximum atomic E-state index is 12.7. The van der Waals surface area contributed by atoms with E-state index in [-0.39, 0.29) is 12.3 Å². The molecule has 34 heavy (non-hydrogen) atoms. The summed E-state index contributed by atoms with van der Waals surface area (Å²) in [5.74, 6) is 0.287. The van der Waals surface area contributed by atoms with Gasteiger partial charge in [-0.2, -0.15) is 5.10 Å². The van der Waals surface area contributed by atoms with Crippen LogP contribution in [-0.2, 0) is 11.2 Å². The Hall–Kier alpha value is -4.92. The molecule has 0 aromatic carbocycles. The summed E-state index contributed by atoms with van der Waals surface area (Å²) in [4.78, 5) is 33.7. The Labute approximate surface area is 193 Å². The summed E-state index contributed by atoms with van der Waals surface area (Å²) in [5, 5.41) is 7.01. The molecule has 164 valence electrons. The second-order valence-electron chi connectivity index (χ2n) is 7.74. The Morgan fingerprint density at radius 1 is 0.941 bits per heavy atom. The maximum Gasteiger partial charge on any atom is 0.230 e. The number of H-pyrrole nitrogens is 1. The third-order valence-corrected chi connectivity index (χ3v) is 5.49. The van der Waals surface area contributed by atoms with Crippen LogP contribution in [-0.4, -0.2) is 40.4 Å². The number of pyridine rings is 4. The molecule has 1 amide bonds. The third kappa shape index (κ3) is 3.65. The van der Waals surface area contributed by atoms with Crippen LogP contribution < -0.4 is 5.32 Å². The number of aromatic nitrogens is 7. The highest BCUT2D eigenvalue weighted by atomic mass is 16.1. The molecule has 0 unspecified atom stereocenters. The van der Waals surface area contributed by atoms with Crippen LogP contribution in [0.4, 0.5) is 5.82 Å². The molecule has 0 saturated carbocycles. The lowest BCUT2D eigenvalue weighted by Gasteiger charge is -2.08. The van der Waals surface area contributed by atoms with Crippen LogP contribution in [0, 0.1) is 0 Å². The van der Waals surface area contributed by atoms with Crippen molar-refractivity contribution in [3.8, 4) is 22.5 Å². The molecule has 0 fully saturated rings. The first-order valence-corrected chi connectivity index (χ1v) is 10.7. The first-order valence-electron chi connectivity index (χ1n) is 10.7. The quantitative estimate of drug-likeness (QED) is 0.415. The number of carbonyl (C=O) groups is 1. The summed E-state index contributed by atoms with van der Waals surface area (Å²) in [6, 6.07) is 17.1. The van der Waals surface area contributed by atoms with Crippen molar-refractivity contribution in [2.45, 2.75) is 6.42 Å². The van der Waals surface area contributed by atoms with Crippen molar-refractivity contribution < 1.29 is 4.79 Å². The van der Waals surface area contributed by atoms with Gasteiger partial charge < -0.3 is 10.3 Å². The maximum absolute atomic E-state index is 12.7. The Balaban J connectivity index is 1.32. The highest BCUT2D eigenvalue weighted by molar-refractivity contribution is 6.01. The molecule has 0 atom stereocenters. The van der Waals surface area contributed by atoms with Crippen LogP contribution in [0.2, 0.25) is 0 Å². The van der Waals surface area contributed by atoms with Gasteiger partial charge in [-0.05, 0) is 48.0 Å². The number of nitrogens with zero attached hydrogens (tertiary/aromatic N) is 6.